The molecule has 24 heavy (non-hydrogen) atoms. The largest absolute Gasteiger partial charge is 0.573 e. The van der Waals surface area contributed by atoms with Gasteiger partial charge in [-0.15, -0.1) is 13.2 Å². The van der Waals surface area contributed by atoms with Crippen molar-refractivity contribution >= 4 is 15.9 Å². The fraction of sp³-hybridized carbons (Fsp3) is 0.375. The quantitative estimate of drug-likeness (QED) is 0.837. The maximum absolute atomic E-state index is 12.8. The third-order valence-electron chi connectivity index (χ3n) is 3.82. The van der Waals surface area contributed by atoms with Crippen LogP contribution < -0.4 is 10.1 Å². The van der Waals surface area contributed by atoms with Gasteiger partial charge in [-0.05, 0) is 30.3 Å². The Labute approximate surface area is 145 Å². The molecule has 0 bridgehead atoms. The van der Waals surface area contributed by atoms with Gasteiger partial charge in [0.25, 0.3) is 0 Å². The number of halogens is 4. The van der Waals surface area contributed by atoms with E-state index in [0.29, 0.717) is 28.9 Å². The van der Waals surface area contributed by atoms with Crippen molar-refractivity contribution in [3.8, 4) is 5.75 Å². The first kappa shape index (κ1) is 17.3. The Balaban J connectivity index is 2.05. The molecule has 1 aromatic carbocycles. The van der Waals surface area contributed by atoms with E-state index >= 15 is 0 Å². The predicted octanol–water partition coefficient (Wildman–Crippen LogP) is 3.94. The van der Waals surface area contributed by atoms with Gasteiger partial charge in [0.15, 0.2) is 0 Å². The van der Waals surface area contributed by atoms with Crippen molar-refractivity contribution < 1.29 is 22.3 Å². The maximum atomic E-state index is 12.8. The molecule has 0 unspecified atom stereocenters. The lowest BCUT2D eigenvalue weighted by Gasteiger charge is -2.34. The lowest BCUT2D eigenvalue weighted by molar-refractivity contribution is -0.275. The van der Waals surface area contributed by atoms with Gasteiger partial charge in [0, 0.05) is 36.2 Å². The number of nitrogens with one attached hydrogen (secondary N) is 1. The molecule has 1 N–H and O–H groups in total. The van der Waals surface area contributed by atoms with Crippen molar-refractivity contribution in [3.63, 3.8) is 0 Å². The van der Waals surface area contributed by atoms with Gasteiger partial charge in [-0.2, -0.15) is 0 Å². The molecule has 0 saturated carbocycles. The lowest BCUT2D eigenvalue weighted by atomic mass is 10.0. The van der Waals surface area contributed by atoms with Gasteiger partial charge in [0.1, 0.15) is 11.5 Å². The van der Waals surface area contributed by atoms with E-state index in [1.165, 1.54) is 18.4 Å². The maximum Gasteiger partial charge on any atom is 0.573 e. The average molecular weight is 405 g/mol. The fourth-order valence-electron chi connectivity index (χ4n) is 2.87. The number of nitrogens with zero attached hydrogens (tertiary/aromatic N) is 1. The lowest BCUT2D eigenvalue weighted by Crippen LogP contribution is -2.45. The Morgan fingerprint density at radius 2 is 1.96 bits per heavy atom. The summed E-state index contributed by atoms with van der Waals surface area (Å²) in [5.74, 6) is 0.368. The number of furan rings is 1. The van der Waals surface area contributed by atoms with Crippen LogP contribution in [0.2, 0.25) is 0 Å². The molecule has 1 atom stereocenters. The number of hydrogen-bond acceptors (Lipinski definition) is 4. The molecule has 3 rings (SSSR count). The smallest absolute Gasteiger partial charge is 0.467 e. The normalized spacial score (nSPS) is 17.7. The zero-order chi connectivity index (χ0) is 17.2. The van der Waals surface area contributed by atoms with Gasteiger partial charge >= 0.3 is 6.36 Å². The van der Waals surface area contributed by atoms with E-state index in [1.54, 1.807) is 18.2 Å². The Bertz CT molecular complexity index is 670. The van der Waals surface area contributed by atoms with Crippen LogP contribution in [0.5, 0.6) is 5.75 Å². The van der Waals surface area contributed by atoms with Crippen LogP contribution in [0.1, 0.15) is 17.4 Å². The third kappa shape index (κ3) is 4.12. The van der Waals surface area contributed by atoms with Crippen molar-refractivity contribution in [1.82, 2.24) is 10.2 Å². The highest BCUT2D eigenvalue weighted by atomic mass is 79.9. The van der Waals surface area contributed by atoms with Crippen LogP contribution in [0.3, 0.4) is 0 Å². The van der Waals surface area contributed by atoms with Crippen LogP contribution in [0, 0.1) is 0 Å². The fourth-order valence-corrected chi connectivity index (χ4v) is 3.25. The van der Waals surface area contributed by atoms with E-state index < -0.39 is 12.4 Å². The molecule has 0 amide bonds. The minimum Gasteiger partial charge on any atom is -0.467 e. The van der Waals surface area contributed by atoms with Gasteiger partial charge in [-0.25, -0.2) is 0 Å². The molecule has 4 nitrogen and oxygen atoms in total. The Morgan fingerprint density at radius 1 is 1.21 bits per heavy atom. The van der Waals surface area contributed by atoms with Crippen molar-refractivity contribution in [2.24, 2.45) is 0 Å². The highest BCUT2D eigenvalue weighted by Gasteiger charge is 2.35. The molecule has 130 valence electrons. The van der Waals surface area contributed by atoms with Crippen LogP contribution in [0.4, 0.5) is 13.2 Å². The molecule has 1 aliphatic heterocycles. The van der Waals surface area contributed by atoms with Crippen LogP contribution >= 0.6 is 15.9 Å². The molecular formula is C16H16BrF3N2O2. The Kier molecular flexibility index (Phi) is 5.17. The standard InChI is InChI=1S/C16H16BrF3N2O2/c17-11-3-4-13(24-16(18,19)20)12(10-11)15(14-2-1-9-23-14)22-7-5-21-6-8-22/h1-4,9-10,15,21H,5-8H2/t15-/m0/s1. The van der Waals surface area contributed by atoms with Gasteiger partial charge < -0.3 is 14.5 Å². The predicted molar refractivity (Wildman–Crippen MR) is 85.8 cm³/mol. The SMILES string of the molecule is FC(F)(F)Oc1ccc(Br)cc1[C@@H](c1ccco1)N1CCNCC1. The number of piperazine rings is 1. The number of hydrogen-bond donors (Lipinski definition) is 1. The number of ether oxygens (including phenoxy) is 1. The summed E-state index contributed by atoms with van der Waals surface area (Å²) in [6, 6.07) is 7.55. The molecule has 1 aliphatic rings. The monoisotopic (exact) mass is 404 g/mol. The highest BCUT2D eigenvalue weighted by molar-refractivity contribution is 9.10. The number of rotatable bonds is 4. The summed E-state index contributed by atoms with van der Waals surface area (Å²) in [6.07, 6.45) is -3.23. The minimum absolute atomic E-state index is 0.217. The van der Waals surface area contributed by atoms with E-state index in [1.807, 2.05) is 0 Å². The van der Waals surface area contributed by atoms with Crippen LogP contribution in [0.15, 0.2) is 45.5 Å². The topological polar surface area (TPSA) is 37.6 Å². The van der Waals surface area contributed by atoms with Crippen molar-refractivity contribution in [3.05, 3.63) is 52.4 Å². The average Bonchev–Trinajstić information content (AvgIpc) is 3.04. The zero-order valence-electron chi connectivity index (χ0n) is 12.6. The van der Waals surface area contributed by atoms with Crippen molar-refractivity contribution in [1.29, 1.82) is 0 Å². The summed E-state index contributed by atoms with van der Waals surface area (Å²) in [6.45, 7) is 2.92. The summed E-state index contributed by atoms with van der Waals surface area (Å²) in [4.78, 5) is 2.08. The number of benzene rings is 1. The van der Waals surface area contributed by atoms with Crippen LogP contribution in [-0.2, 0) is 0 Å². The van der Waals surface area contributed by atoms with E-state index in [9.17, 15) is 13.2 Å². The van der Waals surface area contributed by atoms with Crippen LogP contribution in [0.25, 0.3) is 0 Å². The molecule has 8 heteroatoms. The molecule has 1 saturated heterocycles. The minimum atomic E-state index is -4.75. The molecular weight excluding hydrogens is 389 g/mol. The Morgan fingerprint density at radius 3 is 2.58 bits per heavy atom. The highest BCUT2D eigenvalue weighted by Crippen LogP contribution is 2.38. The number of alkyl halides is 3. The van der Waals surface area contributed by atoms with Gasteiger partial charge in [-0.1, -0.05) is 15.9 Å². The molecule has 1 aromatic heterocycles. The zero-order valence-corrected chi connectivity index (χ0v) is 14.2. The summed E-state index contributed by atoms with van der Waals surface area (Å²) in [7, 11) is 0. The summed E-state index contributed by atoms with van der Waals surface area (Å²) >= 11 is 3.33. The molecule has 0 aliphatic carbocycles. The molecule has 2 heterocycles. The summed E-state index contributed by atoms with van der Waals surface area (Å²) in [5.41, 5.74) is 0.415. The Hall–Kier alpha value is -1.51. The van der Waals surface area contributed by atoms with E-state index in [2.05, 4.69) is 30.9 Å². The van der Waals surface area contributed by atoms with Crippen molar-refractivity contribution in [2.45, 2.75) is 12.4 Å². The van der Waals surface area contributed by atoms with Gasteiger partial charge in [-0.3, -0.25) is 4.90 Å². The third-order valence-corrected chi connectivity index (χ3v) is 4.31. The van der Waals surface area contributed by atoms with E-state index in [-0.39, 0.29) is 5.75 Å². The molecule has 0 spiro atoms. The summed E-state index contributed by atoms with van der Waals surface area (Å²) in [5, 5.41) is 3.24. The van der Waals surface area contributed by atoms with Gasteiger partial charge in [0.2, 0.25) is 0 Å². The van der Waals surface area contributed by atoms with E-state index in [4.69, 9.17) is 4.42 Å². The first-order valence-electron chi connectivity index (χ1n) is 7.47. The molecule has 1 fully saturated rings. The second-order valence-corrected chi connectivity index (χ2v) is 6.35. The molecule has 0 radical (unpaired) electrons. The second-order valence-electron chi connectivity index (χ2n) is 5.43. The first-order chi connectivity index (χ1) is 11.4. The van der Waals surface area contributed by atoms with Crippen molar-refractivity contribution in [2.75, 3.05) is 26.2 Å². The van der Waals surface area contributed by atoms with E-state index in [0.717, 1.165) is 13.1 Å². The molecule has 2 aromatic rings. The summed E-state index contributed by atoms with van der Waals surface area (Å²) < 4.78 is 48.8. The van der Waals surface area contributed by atoms with Gasteiger partial charge in [0.05, 0.1) is 12.3 Å². The first-order valence-corrected chi connectivity index (χ1v) is 8.27. The second kappa shape index (κ2) is 7.16. The van der Waals surface area contributed by atoms with Crippen LogP contribution in [-0.4, -0.2) is 37.4 Å².